The van der Waals surface area contributed by atoms with E-state index in [1.165, 1.54) is 0 Å². The molecule has 1 nitrogen and oxygen atoms in total. The summed E-state index contributed by atoms with van der Waals surface area (Å²) >= 11 is 5.32. The van der Waals surface area contributed by atoms with Crippen LogP contribution in [0.1, 0.15) is 16.7 Å². The molecule has 0 aliphatic carbocycles. The molecule has 1 radical (unpaired) electrons. The van der Waals surface area contributed by atoms with Gasteiger partial charge in [0.25, 0.3) is 0 Å². The van der Waals surface area contributed by atoms with Crippen LogP contribution >= 0.6 is 11.6 Å². The van der Waals surface area contributed by atoms with E-state index in [0.717, 1.165) is 5.56 Å². The molecule has 0 heterocycles. The second-order valence-corrected chi connectivity index (χ2v) is 2.63. The molecule has 1 atom stereocenters. The molecule has 0 spiro atoms. The SMILES string of the molecule is Cc1cccc(C([O])Cl)c1. The minimum absolute atomic E-state index is 0.640. The first kappa shape index (κ1) is 7.58. The minimum Gasteiger partial charge on any atom is -0.210 e. The van der Waals surface area contributed by atoms with E-state index in [0.29, 0.717) is 5.56 Å². The zero-order valence-electron chi connectivity index (χ0n) is 5.67. The molecule has 1 aromatic carbocycles. The molecule has 53 valence electrons. The van der Waals surface area contributed by atoms with Gasteiger partial charge in [0.05, 0.1) is 0 Å². The summed E-state index contributed by atoms with van der Waals surface area (Å²) in [5.41, 5.74) is 0.584. The quantitative estimate of drug-likeness (QED) is 0.556. The van der Waals surface area contributed by atoms with Gasteiger partial charge in [-0.2, -0.15) is 0 Å². The Bertz CT molecular complexity index is 220. The van der Waals surface area contributed by atoms with E-state index in [2.05, 4.69) is 0 Å². The lowest BCUT2D eigenvalue weighted by molar-refractivity contribution is 0.161. The van der Waals surface area contributed by atoms with Crippen molar-refractivity contribution in [3.63, 3.8) is 0 Å². The standard InChI is InChI=1S/C8H8ClO/c1-6-3-2-4-7(5-6)8(9)10/h2-5,8H,1H3. The summed E-state index contributed by atoms with van der Waals surface area (Å²) < 4.78 is 0. The first-order valence-corrected chi connectivity index (χ1v) is 3.50. The van der Waals surface area contributed by atoms with Gasteiger partial charge in [0, 0.05) is 0 Å². The van der Waals surface area contributed by atoms with Gasteiger partial charge >= 0.3 is 0 Å². The zero-order valence-corrected chi connectivity index (χ0v) is 6.43. The first-order valence-electron chi connectivity index (χ1n) is 3.06. The van der Waals surface area contributed by atoms with Gasteiger partial charge in [-0.05, 0) is 12.5 Å². The van der Waals surface area contributed by atoms with E-state index in [4.69, 9.17) is 11.6 Å². The van der Waals surface area contributed by atoms with Gasteiger partial charge in [-0.25, -0.2) is 5.11 Å². The number of alkyl halides is 1. The number of benzene rings is 1. The number of hydrogen-bond acceptors (Lipinski definition) is 0. The molecule has 2 heteroatoms. The highest BCUT2D eigenvalue weighted by atomic mass is 35.5. The molecule has 0 aliphatic rings. The fourth-order valence-electron chi connectivity index (χ4n) is 0.811. The molecular weight excluding hydrogens is 148 g/mol. The third-order valence-electron chi connectivity index (χ3n) is 1.30. The van der Waals surface area contributed by atoms with E-state index in [-0.39, 0.29) is 0 Å². The highest BCUT2D eigenvalue weighted by Gasteiger charge is 2.02. The largest absolute Gasteiger partial charge is 0.210 e. The van der Waals surface area contributed by atoms with Crippen molar-refractivity contribution in [1.82, 2.24) is 0 Å². The van der Waals surface area contributed by atoms with Crippen LogP contribution in [0.3, 0.4) is 0 Å². The highest BCUT2D eigenvalue weighted by Crippen LogP contribution is 2.17. The predicted molar refractivity (Wildman–Crippen MR) is 40.5 cm³/mol. The normalized spacial score (nSPS) is 13.1. The van der Waals surface area contributed by atoms with Crippen LogP contribution in [0.2, 0.25) is 0 Å². The van der Waals surface area contributed by atoms with Crippen molar-refractivity contribution in [3.05, 3.63) is 35.4 Å². The van der Waals surface area contributed by atoms with Crippen LogP contribution in [-0.2, 0) is 5.11 Å². The van der Waals surface area contributed by atoms with Gasteiger partial charge in [0.2, 0.25) is 0 Å². The Morgan fingerprint density at radius 1 is 1.50 bits per heavy atom. The Labute approximate surface area is 65.3 Å². The lowest BCUT2D eigenvalue weighted by atomic mass is 10.1. The van der Waals surface area contributed by atoms with Crippen LogP contribution in [0.25, 0.3) is 0 Å². The van der Waals surface area contributed by atoms with Crippen LogP contribution in [-0.4, -0.2) is 0 Å². The van der Waals surface area contributed by atoms with Crippen molar-refractivity contribution in [2.75, 3.05) is 0 Å². The third-order valence-corrected chi connectivity index (χ3v) is 1.56. The molecule has 0 amide bonds. The highest BCUT2D eigenvalue weighted by molar-refractivity contribution is 6.19. The van der Waals surface area contributed by atoms with Crippen molar-refractivity contribution in [3.8, 4) is 0 Å². The van der Waals surface area contributed by atoms with Crippen LogP contribution in [0.5, 0.6) is 0 Å². The van der Waals surface area contributed by atoms with Gasteiger partial charge in [-0.3, -0.25) is 0 Å². The molecule has 0 fully saturated rings. The summed E-state index contributed by atoms with van der Waals surface area (Å²) in [6, 6.07) is 7.29. The second-order valence-electron chi connectivity index (χ2n) is 2.23. The molecule has 1 rings (SSSR count). The molecule has 0 bridgehead atoms. The molecule has 0 saturated carbocycles. The van der Waals surface area contributed by atoms with Gasteiger partial charge < -0.3 is 0 Å². The Kier molecular flexibility index (Phi) is 2.30. The molecule has 1 unspecified atom stereocenters. The number of halogens is 1. The van der Waals surface area contributed by atoms with E-state index >= 15 is 0 Å². The van der Waals surface area contributed by atoms with E-state index < -0.39 is 5.56 Å². The number of hydrogen-bond donors (Lipinski definition) is 0. The topological polar surface area (TPSA) is 19.9 Å². The maximum Gasteiger partial charge on any atom is 0.191 e. The summed E-state index contributed by atoms with van der Waals surface area (Å²) in [6.45, 7) is 1.93. The van der Waals surface area contributed by atoms with Crippen molar-refractivity contribution in [2.45, 2.75) is 12.5 Å². The third kappa shape index (κ3) is 1.72. The van der Waals surface area contributed by atoms with E-state index in [1.54, 1.807) is 12.1 Å². The molecule has 0 aromatic heterocycles. The molecule has 1 aromatic rings. The average molecular weight is 156 g/mol. The van der Waals surface area contributed by atoms with Crippen molar-refractivity contribution in [1.29, 1.82) is 0 Å². The predicted octanol–water partition coefficient (Wildman–Crippen LogP) is 2.66. The van der Waals surface area contributed by atoms with Crippen molar-refractivity contribution in [2.24, 2.45) is 0 Å². The summed E-state index contributed by atoms with van der Waals surface area (Å²) in [4.78, 5) is 0. The molecular formula is C8H8ClO. The molecule has 0 aliphatic heterocycles. The Hall–Kier alpha value is -0.530. The maximum atomic E-state index is 10.6. The van der Waals surface area contributed by atoms with Gasteiger partial charge in [0.15, 0.2) is 5.56 Å². The first-order chi connectivity index (χ1) is 4.70. The second kappa shape index (κ2) is 3.04. The minimum atomic E-state index is -1.13. The molecule has 0 N–H and O–H groups in total. The van der Waals surface area contributed by atoms with Gasteiger partial charge in [-0.15, -0.1) is 0 Å². The number of aryl methyl sites for hydroxylation is 1. The Morgan fingerprint density at radius 3 is 2.60 bits per heavy atom. The summed E-state index contributed by atoms with van der Waals surface area (Å²) in [5.74, 6) is 0. The Morgan fingerprint density at radius 2 is 2.20 bits per heavy atom. The van der Waals surface area contributed by atoms with Crippen molar-refractivity contribution < 1.29 is 5.11 Å². The fourth-order valence-corrected chi connectivity index (χ4v) is 0.947. The van der Waals surface area contributed by atoms with E-state index in [1.807, 2.05) is 19.1 Å². The molecule has 10 heavy (non-hydrogen) atoms. The fraction of sp³-hybridized carbons (Fsp3) is 0.250. The van der Waals surface area contributed by atoms with Crippen LogP contribution < -0.4 is 0 Å². The summed E-state index contributed by atoms with van der Waals surface area (Å²) in [6.07, 6.45) is 0. The summed E-state index contributed by atoms with van der Waals surface area (Å²) in [7, 11) is 0. The van der Waals surface area contributed by atoms with Crippen LogP contribution in [0, 0.1) is 6.92 Å². The van der Waals surface area contributed by atoms with Crippen LogP contribution in [0.15, 0.2) is 24.3 Å². The average Bonchev–Trinajstić information content (AvgIpc) is 1.88. The van der Waals surface area contributed by atoms with Gasteiger partial charge in [0.1, 0.15) is 0 Å². The van der Waals surface area contributed by atoms with Crippen LogP contribution in [0.4, 0.5) is 0 Å². The van der Waals surface area contributed by atoms with E-state index in [9.17, 15) is 5.11 Å². The number of rotatable bonds is 1. The lowest BCUT2D eigenvalue weighted by Crippen LogP contribution is -1.85. The van der Waals surface area contributed by atoms with Crippen molar-refractivity contribution >= 4 is 11.6 Å². The summed E-state index contributed by atoms with van der Waals surface area (Å²) in [5, 5.41) is 10.6. The Balaban J connectivity index is 2.96. The monoisotopic (exact) mass is 155 g/mol. The lowest BCUT2D eigenvalue weighted by Gasteiger charge is -1.99. The van der Waals surface area contributed by atoms with Gasteiger partial charge in [-0.1, -0.05) is 41.4 Å². The zero-order chi connectivity index (χ0) is 7.56. The maximum absolute atomic E-state index is 10.6. The molecule has 0 saturated heterocycles. The smallest absolute Gasteiger partial charge is 0.191 e.